The Bertz CT molecular complexity index is 271. The van der Waals surface area contributed by atoms with E-state index in [4.69, 9.17) is 4.74 Å². The number of carbonyl (C=O) groups is 2. The number of hydrogen-bond donors (Lipinski definition) is 2. The van der Waals surface area contributed by atoms with Gasteiger partial charge in [-0.05, 0) is 6.42 Å². The summed E-state index contributed by atoms with van der Waals surface area (Å²) in [6.07, 6.45) is 6.62. The first kappa shape index (κ1) is 14.6. The first-order chi connectivity index (χ1) is 8.74. The molecule has 1 fully saturated rings. The van der Waals surface area contributed by atoms with E-state index in [1.807, 2.05) is 0 Å². The fourth-order valence-corrected chi connectivity index (χ4v) is 1.76. The highest BCUT2D eigenvalue weighted by Gasteiger charge is 2.23. The van der Waals surface area contributed by atoms with Crippen LogP contribution in [-0.4, -0.2) is 36.8 Å². The molecule has 1 aliphatic rings. The molecule has 6 nitrogen and oxygen atoms in total. The number of unbranched alkanes of at least 4 members (excludes halogenated alkanes) is 5. The Morgan fingerprint density at radius 3 is 2.67 bits per heavy atom. The topological polar surface area (TPSA) is 70.7 Å². The van der Waals surface area contributed by atoms with Crippen LogP contribution in [0.2, 0.25) is 0 Å². The van der Waals surface area contributed by atoms with Crippen molar-refractivity contribution in [1.29, 1.82) is 0 Å². The summed E-state index contributed by atoms with van der Waals surface area (Å²) < 4.78 is 4.69. The number of amides is 3. The molecule has 3 amide bonds. The van der Waals surface area contributed by atoms with Crippen molar-refractivity contribution in [1.82, 2.24) is 15.8 Å². The largest absolute Gasteiger partial charge is 0.446 e. The van der Waals surface area contributed by atoms with E-state index in [2.05, 4.69) is 17.7 Å². The van der Waals surface area contributed by atoms with Gasteiger partial charge in [0.15, 0.2) is 0 Å². The van der Waals surface area contributed by atoms with E-state index in [-0.39, 0.29) is 6.03 Å². The van der Waals surface area contributed by atoms with Gasteiger partial charge >= 0.3 is 12.1 Å². The Labute approximate surface area is 108 Å². The molecule has 0 unspecified atom stereocenters. The van der Waals surface area contributed by atoms with Crippen molar-refractivity contribution in [3.63, 3.8) is 0 Å². The van der Waals surface area contributed by atoms with Gasteiger partial charge in [-0.3, -0.25) is 0 Å². The average Bonchev–Trinajstić information content (AvgIpc) is 2.74. The van der Waals surface area contributed by atoms with Crippen LogP contribution in [0.3, 0.4) is 0 Å². The van der Waals surface area contributed by atoms with Gasteiger partial charge in [0.2, 0.25) is 0 Å². The van der Waals surface area contributed by atoms with Crippen LogP contribution in [0.15, 0.2) is 0 Å². The highest BCUT2D eigenvalue weighted by Crippen LogP contribution is 2.04. The van der Waals surface area contributed by atoms with Gasteiger partial charge in [0.05, 0.1) is 6.54 Å². The monoisotopic (exact) mass is 257 g/mol. The summed E-state index contributed by atoms with van der Waals surface area (Å²) in [5.41, 5.74) is 2.45. The molecule has 104 valence electrons. The third kappa shape index (κ3) is 5.75. The Hall–Kier alpha value is -1.46. The first-order valence-corrected chi connectivity index (χ1v) is 6.73. The predicted molar refractivity (Wildman–Crippen MR) is 68.0 cm³/mol. The van der Waals surface area contributed by atoms with Crippen LogP contribution in [0, 0.1) is 0 Å². The van der Waals surface area contributed by atoms with Crippen LogP contribution < -0.4 is 10.7 Å². The van der Waals surface area contributed by atoms with Gasteiger partial charge in [-0.15, -0.1) is 0 Å². The number of urea groups is 1. The molecule has 0 bridgehead atoms. The zero-order valence-corrected chi connectivity index (χ0v) is 11.0. The molecule has 0 spiro atoms. The summed E-state index contributed by atoms with van der Waals surface area (Å²) in [4.78, 5) is 22.5. The van der Waals surface area contributed by atoms with Crippen LogP contribution in [0.4, 0.5) is 9.59 Å². The van der Waals surface area contributed by atoms with E-state index in [0.717, 1.165) is 12.8 Å². The van der Waals surface area contributed by atoms with Crippen molar-refractivity contribution in [2.45, 2.75) is 45.4 Å². The number of nitrogens with one attached hydrogen (secondary N) is 2. The van der Waals surface area contributed by atoms with Crippen LogP contribution in [0.1, 0.15) is 45.4 Å². The summed E-state index contributed by atoms with van der Waals surface area (Å²) in [7, 11) is 0. The summed E-state index contributed by atoms with van der Waals surface area (Å²) in [6.45, 7) is 3.57. The Kier molecular flexibility index (Phi) is 6.98. The standard InChI is InChI=1S/C12H23N3O3/c1-2-3-4-5-6-7-8-13-11(16)14-15-9-10-18-12(15)17/h2-10H2,1H3,(H2,13,14,16). The molecule has 0 atom stereocenters. The van der Waals surface area contributed by atoms with Crippen molar-refractivity contribution in [2.24, 2.45) is 0 Å². The normalized spacial score (nSPS) is 14.5. The van der Waals surface area contributed by atoms with Gasteiger partial charge < -0.3 is 10.1 Å². The van der Waals surface area contributed by atoms with Crippen LogP contribution in [0.25, 0.3) is 0 Å². The smallest absolute Gasteiger partial charge is 0.428 e. The van der Waals surface area contributed by atoms with E-state index in [1.165, 1.54) is 30.7 Å². The molecule has 0 aromatic heterocycles. The predicted octanol–water partition coefficient (Wildman–Crippen LogP) is 2.01. The van der Waals surface area contributed by atoms with Crippen molar-refractivity contribution in [3.8, 4) is 0 Å². The number of rotatable bonds is 8. The second kappa shape index (κ2) is 8.60. The van der Waals surface area contributed by atoms with E-state index < -0.39 is 6.09 Å². The van der Waals surface area contributed by atoms with Crippen molar-refractivity contribution >= 4 is 12.1 Å². The molecule has 18 heavy (non-hydrogen) atoms. The Morgan fingerprint density at radius 1 is 1.28 bits per heavy atom. The highest BCUT2D eigenvalue weighted by atomic mass is 16.6. The number of carbonyl (C=O) groups excluding carboxylic acids is 2. The maximum atomic E-state index is 11.4. The molecular formula is C12H23N3O3. The lowest BCUT2D eigenvalue weighted by Gasteiger charge is -2.14. The quantitative estimate of drug-likeness (QED) is 0.653. The number of hydrogen-bond acceptors (Lipinski definition) is 3. The van der Waals surface area contributed by atoms with Gasteiger partial charge in [-0.1, -0.05) is 39.0 Å². The van der Waals surface area contributed by atoms with Gasteiger partial charge in [-0.25, -0.2) is 20.0 Å². The zero-order chi connectivity index (χ0) is 13.2. The molecule has 1 rings (SSSR count). The lowest BCUT2D eigenvalue weighted by molar-refractivity contribution is 0.146. The van der Waals surface area contributed by atoms with Gasteiger partial charge in [0, 0.05) is 6.54 Å². The van der Waals surface area contributed by atoms with Crippen molar-refractivity contribution in [3.05, 3.63) is 0 Å². The molecule has 1 saturated heterocycles. The number of nitrogens with zero attached hydrogens (tertiary/aromatic N) is 1. The number of ether oxygens (including phenoxy) is 1. The van der Waals surface area contributed by atoms with E-state index in [0.29, 0.717) is 19.7 Å². The fraction of sp³-hybridized carbons (Fsp3) is 0.833. The molecule has 2 N–H and O–H groups in total. The molecular weight excluding hydrogens is 234 g/mol. The SMILES string of the molecule is CCCCCCCCNC(=O)NN1CCOC1=O. The molecule has 0 aliphatic carbocycles. The summed E-state index contributed by atoms with van der Waals surface area (Å²) in [5, 5.41) is 3.90. The Morgan fingerprint density at radius 2 is 2.00 bits per heavy atom. The van der Waals surface area contributed by atoms with Gasteiger partial charge in [0.1, 0.15) is 6.61 Å². The summed E-state index contributed by atoms with van der Waals surface area (Å²) in [6, 6.07) is -0.345. The second-order valence-corrected chi connectivity index (χ2v) is 4.40. The molecule has 6 heteroatoms. The van der Waals surface area contributed by atoms with E-state index in [1.54, 1.807) is 0 Å². The summed E-state index contributed by atoms with van der Waals surface area (Å²) >= 11 is 0. The minimum Gasteiger partial charge on any atom is -0.446 e. The van der Waals surface area contributed by atoms with Gasteiger partial charge in [0.25, 0.3) is 0 Å². The first-order valence-electron chi connectivity index (χ1n) is 6.73. The second-order valence-electron chi connectivity index (χ2n) is 4.40. The molecule has 0 aromatic carbocycles. The van der Waals surface area contributed by atoms with E-state index >= 15 is 0 Å². The highest BCUT2D eigenvalue weighted by molar-refractivity contribution is 5.78. The average molecular weight is 257 g/mol. The maximum Gasteiger partial charge on any atom is 0.428 e. The van der Waals surface area contributed by atoms with Crippen LogP contribution in [0.5, 0.6) is 0 Å². The zero-order valence-electron chi connectivity index (χ0n) is 11.0. The summed E-state index contributed by atoms with van der Waals surface area (Å²) in [5.74, 6) is 0. The molecule has 1 aliphatic heterocycles. The lowest BCUT2D eigenvalue weighted by Crippen LogP contribution is -2.47. The third-order valence-electron chi connectivity index (χ3n) is 2.81. The Balaban J connectivity index is 1.95. The van der Waals surface area contributed by atoms with Crippen molar-refractivity contribution < 1.29 is 14.3 Å². The van der Waals surface area contributed by atoms with Crippen LogP contribution >= 0.6 is 0 Å². The van der Waals surface area contributed by atoms with Crippen molar-refractivity contribution in [2.75, 3.05) is 19.7 Å². The molecule has 0 radical (unpaired) electrons. The van der Waals surface area contributed by atoms with Gasteiger partial charge in [-0.2, -0.15) is 0 Å². The number of cyclic esters (lactones) is 1. The maximum absolute atomic E-state index is 11.4. The fourth-order valence-electron chi connectivity index (χ4n) is 1.76. The molecule has 0 aromatic rings. The van der Waals surface area contributed by atoms with Crippen LogP contribution in [-0.2, 0) is 4.74 Å². The lowest BCUT2D eigenvalue weighted by atomic mass is 10.1. The molecule has 1 heterocycles. The third-order valence-corrected chi connectivity index (χ3v) is 2.81. The minimum absolute atomic E-state index is 0.330. The minimum atomic E-state index is -0.496. The van der Waals surface area contributed by atoms with E-state index in [9.17, 15) is 9.59 Å². The number of hydrazine groups is 1. The molecule has 0 saturated carbocycles.